The topological polar surface area (TPSA) is 78.8 Å². The molecule has 0 amide bonds. The van der Waals surface area contributed by atoms with E-state index in [1.54, 1.807) is 6.20 Å². The lowest BCUT2D eigenvalue weighted by Gasteiger charge is -2.28. The number of aromatic nitrogens is 2. The zero-order valence-electron chi connectivity index (χ0n) is 9.30. The van der Waals surface area contributed by atoms with Crippen LogP contribution in [0.15, 0.2) is 12.4 Å². The van der Waals surface area contributed by atoms with Crippen molar-refractivity contribution in [2.45, 2.75) is 18.9 Å². The maximum absolute atomic E-state index is 8.97. The maximum atomic E-state index is 8.97. The molecule has 1 aromatic heterocycles. The second-order valence-corrected chi connectivity index (χ2v) is 4.09. The van der Waals surface area contributed by atoms with Crippen molar-refractivity contribution in [3.8, 4) is 6.07 Å². The van der Waals surface area contributed by atoms with Gasteiger partial charge < -0.3 is 10.6 Å². The van der Waals surface area contributed by atoms with Crippen molar-refractivity contribution in [2.24, 2.45) is 11.7 Å². The molecular weight excluding hydrogens is 202 g/mol. The Morgan fingerprint density at radius 1 is 1.56 bits per heavy atom. The molecule has 1 heterocycles. The summed E-state index contributed by atoms with van der Waals surface area (Å²) in [5.74, 6) is 1.27. The van der Waals surface area contributed by atoms with Crippen LogP contribution in [-0.2, 0) is 0 Å². The van der Waals surface area contributed by atoms with Gasteiger partial charge in [0.1, 0.15) is 6.07 Å². The SMILES string of the molecule is CN(c1nccnc1C#N)C(CN)C1CC1. The third-order valence-electron chi connectivity index (χ3n) is 3.02. The summed E-state index contributed by atoms with van der Waals surface area (Å²) in [6.07, 6.45) is 5.57. The van der Waals surface area contributed by atoms with E-state index in [4.69, 9.17) is 11.0 Å². The van der Waals surface area contributed by atoms with Gasteiger partial charge in [0.2, 0.25) is 0 Å². The Hall–Kier alpha value is -1.67. The predicted octanol–water partition coefficient (Wildman–Crippen LogP) is 0.522. The molecule has 1 aliphatic rings. The number of likely N-dealkylation sites (N-methyl/N-ethyl adjacent to an activating group) is 1. The van der Waals surface area contributed by atoms with Gasteiger partial charge in [0.25, 0.3) is 0 Å². The van der Waals surface area contributed by atoms with E-state index in [9.17, 15) is 0 Å². The summed E-state index contributed by atoms with van der Waals surface area (Å²) in [6.45, 7) is 0.586. The third-order valence-corrected chi connectivity index (χ3v) is 3.02. The van der Waals surface area contributed by atoms with E-state index in [0.29, 0.717) is 24.0 Å². The first-order chi connectivity index (χ1) is 7.77. The number of nitriles is 1. The largest absolute Gasteiger partial charge is 0.353 e. The van der Waals surface area contributed by atoms with Crippen molar-refractivity contribution in [2.75, 3.05) is 18.5 Å². The Kier molecular flexibility index (Phi) is 3.02. The summed E-state index contributed by atoms with van der Waals surface area (Å²) in [7, 11) is 1.93. The van der Waals surface area contributed by atoms with E-state index in [1.807, 2.05) is 11.9 Å². The zero-order chi connectivity index (χ0) is 11.5. The van der Waals surface area contributed by atoms with Crippen LogP contribution in [0.5, 0.6) is 0 Å². The lowest BCUT2D eigenvalue weighted by Crippen LogP contribution is -2.40. The van der Waals surface area contributed by atoms with Gasteiger partial charge in [-0.05, 0) is 18.8 Å². The molecule has 2 N–H and O–H groups in total. The minimum atomic E-state index is 0.267. The van der Waals surface area contributed by atoms with Gasteiger partial charge in [-0.25, -0.2) is 9.97 Å². The molecule has 1 saturated carbocycles. The lowest BCUT2D eigenvalue weighted by atomic mass is 10.1. The molecule has 84 valence electrons. The zero-order valence-corrected chi connectivity index (χ0v) is 9.30. The Balaban J connectivity index is 2.25. The molecule has 0 saturated heterocycles. The Labute approximate surface area is 94.9 Å². The normalized spacial score (nSPS) is 16.6. The molecule has 1 aliphatic carbocycles. The van der Waals surface area contributed by atoms with Gasteiger partial charge in [0.05, 0.1) is 0 Å². The third kappa shape index (κ3) is 1.97. The van der Waals surface area contributed by atoms with Crippen molar-refractivity contribution < 1.29 is 0 Å². The number of anilines is 1. The molecule has 0 radical (unpaired) electrons. The second kappa shape index (κ2) is 4.45. The summed E-state index contributed by atoms with van der Waals surface area (Å²) in [5.41, 5.74) is 6.14. The van der Waals surface area contributed by atoms with Crippen molar-refractivity contribution in [1.29, 1.82) is 5.26 Å². The fourth-order valence-electron chi connectivity index (χ4n) is 1.97. The van der Waals surface area contributed by atoms with Crippen LogP contribution in [0.25, 0.3) is 0 Å². The van der Waals surface area contributed by atoms with Crippen LogP contribution in [0, 0.1) is 17.2 Å². The van der Waals surface area contributed by atoms with Crippen molar-refractivity contribution in [1.82, 2.24) is 9.97 Å². The minimum absolute atomic E-state index is 0.267. The highest BCUT2D eigenvalue weighted by Gasteiger charge is 2.34. The molecule has 1 atom stereocenters. The summed E-state index contributed by atoms with van der Waals surface area (Å²) in [6, 6.07) is 2.33. The molecule has 0 bridgehead atoms. The summed E-state index contributed by atoms with van der Waals surface area (Å²) in [5, 5.41) is 8.97. The van der Waals surface area contributed by atoms with E-state index in [2.05, 4.69) is 16.0 Å². The lowest BCUT2D eigenvalue weighted by molar-refractivity contribution is 0.565. The Morgan fingerprint density at radius 3 is 2.81 bits per heavy atom. The maximum Gasteiger partial charge on any atom is 0.183 e. The van der Waals surface area contributed by atoms with Gasteiger partial charge >= 0.3 is 0 Å². The van der Waals surface area contributed by atoms with E-state index >= 15 is 0 Å². The van der Waals surface area contributed by atoms with Crippen LogP contribution in [-0.4, -0.2) is 29.6 Å². The van der Waals surface area contributed by atoms with Crippen LogP contribution in [0.3, 0.4) is 0 Å². The smallest absolute Gasteiger partial charge is 0.183 e. The highest BCUT2D eigenvalue weighted by Crippen LogP contribution is 2.35. The highest BCUT2D eigenvalue weighted by atomic mass is 15.2. The molecule has 5 heteroatoms. The first-order valence-electron chi connectivity index (χ1n) is 5.42. The summed E-state index contributed by atoms with van der Waals surface area (Å²) in [4.78, 5) is 10.2. The molecule has 5 nitrogen and oxygen atoms in total. The molecule has 16 heavy (non-hydrogen) atoms. The molecule has 0 spiro atoms. The standard InChI is InChI=1S/C11H15N5/c1-16(10(7-13)8-2-3-8)11-9(6-12)14-4-5-15-11/h4-5,8,10H,2-3,7,13H2,1H3. The van der Waals surface area contributed by atoms with Crippen LogP contribution < -0.4 is 10.6 Å². The summed E-state index contributed by atoms with van der Waals surface area (Å²) < 4.78 is 0. The van der Waals surface area contributed by atoms with Crippen molar-refractivity contribution in [3.63, 3.8) is 0 Å². The van der Waals surface area contributed by atoms with E-state index in [1.165, 1.54) is 19.0 Å². The molecule has 0 aliphatic heterocycles. The quantitative estimate of drug-likeness (QED) is 0.795. The molecule has 0 aromatic carbocycles. The van der Waals surface area contributed by atoms with Gasteiger partial charge in [-0.2, -0.15) is 5.26 Å². The van der Waals surface area contributed by atoms with Gasteiger partial charge in [-0.1, -0.05) is 0 Å². The average Bonchev–Trinajstić information content (AvgIpc) is 3.14. The fourth-order valence-corrected chi connectivity index (χ4v) is 1.97. The van der Waals surface area contributed by atoms with Crippen LogP contribution in [0.2, 0.25) is 0 Å². The van der Waals surface area contributed by atoms with Crippen LogP contribution in [0.1, 0.15) is 18.5 Å². The molecule has 2 rings (SSSR count). The Morgan fingerprint density at radius 2 is 2.25 bits per heavy atom. The number of nitrogens with zero attached hydrogens (tertiary/aromatic N) is 4. The van der Waals surface area contributed by atoms with Crippen LogP contribution >= 0.6 is 0 Å². The van der Waals surface area contributed by atoms with Gasteiger partial charge in [-0.15, -0.1) is 0 Å². The molecule has 1 fully saturated rings. The minimum Gasteiger partial charge on any atom is -0.353 e. The second-order valence-electron chi connectivity index (χ2n) is 4.09. The van der Waals surface area contributed by atoms with E-state index < -0.39 is 0 Å². The Bertz CT molecular complexity index is 407. The fraction of sp³-hybridized carbons (Fsp3) is 0.545. The first kappa shape index (κ1) is 10.8. The van der Waals surface area contributed by atoms with Crippen molar-refractivity contribution in [3.05, 3.63) is 18.1 Å². The van der Waals surface area contributed by atoms with Gasteiger partial charge in [-0.3, -0.25) is 0 Å². The van der Waals surface area contributed by atoms with Crippen molar-refractivity contribution >= 4 is 5.82 Å². The number of rotatable bonds is 4. The van der Waals surface area contributed by atoms with Crippen LogP contribution in [0.4, 0.5) is 5.82 Å². The predicted molar refractivity (Wildman–Crippen MR) is 60.7 cm³/mol. The van der Waals surface area contributed by atoms with E-state index in [-0.39, 0.29) is 6.04 Å². The number of nitrogens with two attached hydrogens (primary N) is 1. The summed E-state index contributed by atoms with van der Waals surface area (Å²) >= 11 is 0. The monoisotopic (exact) mass is 217 g/mol. The highest BCUT2D eigenvalue weighted by molar-refractivity contribution is 5.50. The van der Waals surface area contributed by atoms with Gasteiger partial charge in [0.15, 0.2) is 11.5 Å². The molecule has 1 aromatic rings. The van der Waals surface area contributed by atoms with E-state index in [0.717, 1.165) is 0 Å². The molecule has 1 unspecified atom stereocenters. The molecular formula is C11H15N5. The number of hydrogen-bond donors (Lipinski definition) is 1. The average molecular weight is 217 g/mol. The van der Waals surface area contributed by atoms with Gasteiger partial charge in [0, 0.05) is 32.0 Å². The number of hydrogen-bond acceptors (Lipinski definition) is 5. The first-order valence-corrected chi connectivity index (χ1v) is 5.42.